The van der Waals surface area contributed by atoms with Crippen LogP contribution in [0.25, 0.3) is 17.2 Å². The minimum atomic E-state index is -3.77. The lowest BCUT2D eigenvalue weighted by Crippen LogP contribution is -2.46. The Morgan fingerprint density at radius 2 is 2.00 bits per heavy atom. The summed E-state index contributed by atoms with van der Waals surface area (Å²) < 4.78 is 28.0. The fourth-order valence-electron chi connectivity index (χ4n) is 3.18. The molecule has 0 amide bonds. The van der Waals surface area contributed by atoms with Gasteiger partial charge in [0.05, 0.1) is 6.21 Å². The highest BCUT2D eigenvalue weighted by molar-refractivity contribution is 7.89. The van der Waals surface area contributed by atoms with Crippen molar-refractivity contribution in [2.75, 3.05) is 31.9 Å². The topological polar surface area (TPSA) is 110 Å². The van der Waals surface area contributed by atoms with Gasteiger partial charge in [-0.3, -0.25) is 0 Å². The van der Waals surface area contributed by atoms with Gasteiger partial charge >= 0.3 is 0 Å². The summed E-state index contributed by atoms with van der Waals surface area (Å²) in [6.07, 6.45) is 6.67. The van der Waals surface area contributed by atoms with Gasteiger partial charge in [0.15, 0.2) is 5.75 Å². The van der Waals surface area contributed by atoms with Crippen molar-refractivity contribution in [3.8, 4) is 16.9 Å². The van der Waals surface area contributed by atoms with Gasteiger partial charge in [-0.1, -0.05) is 11.2 Å². The van der Waals surface area contributed by atoms with E-state index in [0.717, 1.165) is 5.56 Å². The van der Waals surface area contributed by atoms with Gasteiger partial charge in [-0.2, -0.15) is 4.31 Å². The third-order valence-electron chi connectivity index (χ3n) is 4.50. The summed E-state index contributed by atoms with van der Waals surface area (Å²) in [6, 6.07) is 7.07. The molecule has 0 aliphatic carbocycles. The van der Waals surface area contributed by atoms with Crippen molar-refractivity contribution in [3.63, 3.8) is 0 Å². The second kappa shape index (κ2) is 7.10. The first-order chi connectivity index (χ1) is 13.1. The number of allylic oxidation sites excluding steroid dienone is 1. The molecule has 0 saturated carbocycles. The maximum atomic E-state index is 13.3. The third-order valence-corrected chi connectivity index (χ3v) is 6.49. The van der Waals surface area contributed by atoms with Gasteiger partial charge in [-0.05, 0) is 35.9 Å². The highest BCUT2D eigenvalue weighted by atomic mass is 32.2. The summed E-state index contributed by atoms with van der Waals surface area (Å²) >= 11 is 0. The van der Waals surface area contributed by atoms with Crippen LogP contribution in [0, 0.1) is 0 Å². The van der Waals surface area contributed by atoms with Crippen LogP contribution < -0.4 is 15.9 Å². The predicted molar refractivity (Wildman–Crippen MR) is 104 cm³/mol. The van der Waals surface area contributed by atoms with E-state index < -0.39 is 10.0 Å². The van der Waals surface area contributed by atoms with Gasteiger partial charge in [0, 0.05) is 43.5 Å². The van der Waals surface area contributed by atoms with Crippen molar-refractivity contribution in [2.45, 2.75) is 4.90 Å². The Kier molecular flexibility index (Phi) is 4.65. The average molecular weight is 385 g/mol. The van der Waals surface area contributed by atoms with Crippen LogP contribution in [0.2, 0.25) is 0 Å². The van der Waals surface area contributed by atoms with E-state index in [9.17, 15) is 8.42 Å². The highest BCUT2D eigenvalue weighted by Gasteiger charge is 2.31. The van der Waals surface area contributed by atoms with Crippen LogP contribution in [0.15, 0.2) is 46.6 Å². The molecule has 1 fully saturated rings. The Morgan fingerprint density at radius 3 is 2.81 bits per heavy atom. The van der Waals surface area contributed by atoms with E-state index in [1.54, 1.807) is 30.5 Å². The number of pyridine rings is 1. The number of hydrogen-bond donors (Lipinski definition) is 2. The van der Waals surface area contributed by atoms with Gasteiger partial charge in [-0.15, -0.1) is 0 Å². The van der Waals surface area contributed by atoms with Gasteiger partial charge in [0.1, 0.15) is 10.7 Å². The minimum Gasteiger partial charge on any atom is -0.383 e. The molecule has 27 heavy (non-hydrogen) atoms. The maximum Gasteiger partial charge on any atom is 0.247 e. The second-order valence-electron chi connectivity index (χ2n) is 6.18. The lowest BCUT2D eigenvalue weighted by Gasteiger charge is -2.27. The summed E-state index contributed by atoms with van der Waals surface area (Å²) in [5, 5.41) is 6.95. The lowest BCUT2D eigenvalue weighted by atomic mass is 10.0. The molecule has 1 aromatic carbocycles. The molecule has 4 rings (SSSR count). The molecule has 3 heterocycles. The van der Waals surface area contributed by atoms with Crippen LogP contribution >= 0.6 is 0 Å². The van der Waals surface area contributed by atoms with Gasteiger partial charge in [0.25, 0.3) is 0 Å². The molecule has 2 aliphatic heterocycles. The molecule has 0 spiro atoms. The summed E-state index contributed by atoms with van der Waals surface area (Å²) in [6.45, 7) is 2.01. The normalized spacial score (nSPS) is 17.2. The minimum absolute atomic E-state index is 0.00361. The van der Waals surface area contributed by atoms with E-state index in [-0.39, 0.29) is 10.7 Å². The third kappa shape index (κ3) is 3.32. The van der Waals surface area contributed by atoms with Crippen LogP contribution in [0.1, 0.15) is 5.56 Å². The summed E-state index contributed by atoms with van der Waals surface area (Å²) in [7, 11) is -3.77. The fraction of sp³-hybridized carbons (Fsp3) is 0.222. The maximum absolute atomic E-state index is 13.3. The van der Waals surface area contributed by atoms with Crippen molar-refractivity contribution in [3.05, 3.63) is 42.1 Å². The zero-order chi connectivity index (χ0) is 18.9. The number of nitrogen functional groups attached to an aromatic ring is 1. The zero-order valence-electron chi connectivity index (χ0n) is 14.5. The number of oxime groups is 1. The van der Waals surface area contributed by atoms with Gasteiger partial charge < -0.3 is 15.9 Å². The average Bonchev–Trinajstić information content (AvgIpc) is 2.93. The molecule has 9 heteroatoms. The molecule has 3 N–H and O–H groups in total. The highest BCUT2D eigenvalue weighted by Crippen LogP contribution is 2.35. The number of sulfonamides is 1. The van der Waals surface area contributed by atoms with Crippen molar-refractivity contribution < 1.29 is 13.3 Å². The molecule has 8 nitrogen and oxygen atoms in total. The van der Waals surface area contributed by atoms with E-state index in [2.05, 4.69) is 15.5 Å². The number of benzene rings is 1. The van der Waals surface area contributed by atoms with E-state index in [1.165, 1.54) is 10.5 Å². The van der Waals surface area contributed by atoms with Crippen molar-refractivity contribution in [2.24, 2.45) is 5.16 Å². The summed E-state index contributed by atoms with van der Waals surface area (Å²) in [4.78, 5) is 9.36. The first-order valence-corrected chi connectivity index (χ1v) is 9.98. The molecule has 0 radical (unpaired) electrons. The van der Waals surface area contributed by atoms with E-state index >= 15 is 0 Å². The largest absolute Gasteiger partial charge is 0.383 e. The Balaban J connectivity index is 1.83. The monoisotopic (exact) mass is 385 g/mol. The molecule has 1 saturated heterocycles. The number of nitrogens with two attached hydrogens (primary N) is 1. The molecular formula is C18H19N5O3S. The number of piperazine rings is 1. The summed E-state index contributed by atoms with van der Waals surface area (Å²) in [5.74, 6) is 0.591. The van der Waals surface area contributed by atoms with Crippen molar-refractivity contribution >= 4 is 28.1 Å². The quantitative estimate of drug-likeness (QED) is 0.824. The molecular weight excluding hydrogens is 366 g/mol. The van der Waals surface area contributed by atoms with Crippen molar-refractivity contribution in [1.82, 2.24) is 14.6 Å². The van der Waals surface area contributed by atoms with Gasteiger partial charge in [0.2, 0.25) is 10.0 Å². The number of hydrogen-bond acceptors (Lipinski definition) is 7. The van der Waals surface area contributed by atoms with Crippen molar-refractivity contribution in [1.29, 1.82) is 0 Å². The van der Waals surface area contributed by atoms with Crippen LogP contribution in [0.4, 0.5) is 5.82 Å². The number of fused-ring (bicyclic) bond motifs is 1. The first-order valence-electron chi connectivity index (χ1n) is 8.54. The number of aromatic nitrogens is 1. The molecule has 0 unspecified atom stereocenters. The Bertz CT molecular complexity index is 1030. The lowest BCUT2D eigenvalue weighted by molar-refractivity contribution is 0.344. The van der Waals surface area contributed by atoms with Gasteiger partial charge in [-0.25, -0.2) is 13.4 Å². The second-order valence-corrected chi connectivity index (χ2v) is 8.06. The molecule has 2 aromatic rings. The molecule has 140 valence electrons. The molecule has 0 bridgehead atoms. The Morgan fingerprint density at radius 1 is 1.19 bits per heavy atom. The molecule has 0 atom stereocenters. The van der Waals surface area contributed by atoms with Crippen LogP contribution in [0.5, 0.6) is 5.75 Å². The molecule has 2 aliphatic rings. The number of anilines is 1. The fourth-order valence-corrected chi connectivity index (χ4v) is 4.88. The van der Waals surface area contributed by atoms with Crippen LogP contribution in [0.3, 0.4) is 0 Å². The number of rotatable bonds is 3. The van der Waals surface area contributed by atoms with E-state index in [1.807, 2.05) is 12.1 Å². The number of nitrogens with zero attached hydrogens (tertiary/aromatic N) is 3. The number of nitrogens with one attached hydrogen (secondary N) is 1. The van der Waals surface area contributed by atoms with E-state index in [4.69, 9.17) is 10.6 Å². The SMILES string of the molecule is Nc1nccc(-c2ccc3c(c2)C=CC=NO3)c1S(=O)(=O)N1CCNCC1. The molecule has 1 aromatic heterocycles. The Hall–Kier alpha value is -2.75. The standard InChI is InChI=1S/C18H19N5O3S/c19-18-17(27(24,25)23-10-8-20-9-11-23)15(5-7-21-18)13-3-4-16-14(12-13)2-1-6-22-26-16/h1-7,12,20H,8-11H2,(H2,19,21). The van der Waals surface area contributed by atoms with E-state index in [0.29, 0.717) is 43.1 Å². The first kappa shape index (κ1) is 17.7. The zero-order valence-corrected chi connectivity index (χ0v) is 15.3. The summed E-state index contributed by atoms with van der Waals surface area (Å²) in [5.41, 5.74) is 8.05. The van der Waals surface area contributed by atoms with Crippen LogP contribution in [-0.2, 0) is 10.0 Å². The van der Waals surface area contributed by atoms with Crippen LogP contribution in [-0.4, -0.2) is 50.1 Å². The smallest absolute Gasteiger partial charge is 0.247 e. The predicted octanol–water partition coefficient (Wildman–Crippen LogP) is 1.32. The Labute approximate surface area is 157 Å².